The molecule has 1 aromatic rings. The average Bonchev–Trinajstić information content (AvgIpc) is 3.26. The van der Waals surface area contributed by atoms with Crippen LogP contribution in [-0.4, -0.2) is 44.4 Å². The Morgan fingerprint density at radius 3 is 2.48 bits per heavy atom. The summed E-state index contributed by atoms with van der Waals surface area (Å²) in [6.07, 6.45) is -3.34. The summed E-state index contributed by atoms with van der Waals surface area (Å²) in [5, 5.41) is 8.97. The van der Waals surface area contributed by atoms with Crippen molar-refractivity contribution in [2.45, 2.75) is 38.9 Å². The summed E-state index contributed by atoms with van der Waals surface area (Å²) in [4.78, 5) is 31.4. The van der Waals surface area contributed by atoms with E-state index in [1.54, 1.807) is 0 Å². The topological polar surface area (TPSA) is 83.4 Å². The molecular formula is C14H16F3N3O3. The van der Waals surface area contributed by atoms with Crippen LogP contribution in [0.4, 0.5) is 13.2 Å². The molecule has 0 radical (unpaired) electrons. The Hall–Kier alpha value is -2.19. The number of carbonyl (C=O) groups is 2. The van der Waals surface area contributed by atoms with Gasteiger partial charge in [-0.25, -0.2) is 9.97 Å². The van der Waals surface area contributed by atoms with Crippen LogP contribution < -0.4 is 0 Å². The second kappa shape index (κ2) is 6.13. The summed E-state index contributed by atoms with van der Waals surface area (Å²) in [5.74, 6) is -3.96. The van der Waals surface area contributed by atoms with Crippen molar-refractivity contribution >= 4 is 11.9 Å². The largest absolute Gasteiger partial charge is 0.481 e. The molecule has 1 saturated carbocycles. The van der Waals surface area contributed by atoms with E-state index >= 15 is 0 Å². The van der Waals surface area contributed by atoms with Gasteiger partial charge in [0.1, 0.15) is 5.69 Å². The minimum atomic E-state index is -4.75. The number of carboxylic acid groups (broad SMARTS) is 1. The van der Waals surface area contributed by atoms with Crippen LogP contribution in [-0.2, 0) is 11.0 Å². The number of aromatic nitrogens is 2. The third-order valence-electron chi connectivity index (χ3n) is 3.47. The molecule has 0 aromatic carbocycles. The number of nitrogens with zero attached hydrogens (tertiary/aromatic N) is 3. The zero-order valence-electron chi connectivity index (χ0n) is 12.6. The molecule has 1 aromatic heterocycles. The minimum Gasteiger partial charge on any atom is -0.481 e. The van der Waals surface area contributed by atoms with Crippen molar-refractivity contribution in [3.8, 4) is 0 Å². The van der Waals surface area contributed by atoms with E-state index < -0.39 is 29.8 Å². The van der Waals surface area contributed by atoms with Gasteiger partial charge in [-0.3, -0.25) is 9.59 Å². The lowest BCUT2D eigenvalue weighted by molar-refractivity contribution is -0.145. The maximum absolute atomic E-state index is 12.8. The summed E-state index contributed by atoms with van der Waals surface area (Å²) in [7, 11) is 0. The number of alkyl halides is 3. The van der Waals surface area contributed by atoms with E-state index in [9.17, 15) is 22.8 Å². The Morgan fingerprint density at radius 1 is 1.39 bits per heavy atom. The number of hydrogen-bond acceptors (Lipinski definition) is 4. The molecule has 0 bridgehead atoms. The van der Waals surface area contributed by atoms with Crippen molar-refractivity contribution in [1.82, 2.24) is 14.9 Å². The number of carbonyl (C=O) groups excluding carboxylic acids is 1. The first kappa shape index (κ1) is 17.2. The van der Waals surface area contributed by atoms with Crippen LogP contribution in [0.2, 0.25) is 0 Å². The van der Waals surface area contributed by atoms with Crippen LogP contribution in [0.3, 0.4) is 0 Å². The molecule has 1 atom stereocenters. The second-order valence-electron chi connectivity index (χ2n) is 5.64. The van der Waals surface area contributed by atoms with Crippen molar-refractivity contribution in [1.29, 1.82) is 0 Å². The summed E-state index contributed by atoms with van der Waals surface area (Å²) < 4.78 is 38.3. The Kier molecular flexibility index (Phi) is 4.58. The van der Waals surface area contributed by atoms with Crippen molar-refractivity contribution < 1.29 is 27.9 Å². The van der Waals surface area contributed by atoms with Crippen LogP contribution in [0.5, 0.6) is 0 Å². The van der Waals surface area contributed by atoms with Gasteiger partial charge in [0.05, 0.1) is 5.92 Å². The van der Waals surface area contributed by atoms with E-state index in [2.05, 4.69) is 9.97 Å². The van der Waals surface area contributed by atoms with Gasteiger partial charge in [-0.2, -0.15) is 13.2 Å². The highest BCUT2D eigenvalue weighted by Crippen LogP contribution is 2.30. The van der Waals surface area contributed by atoms with Gasteiger partial charge in [0.15, 0.2) is 0 Å². The van der Waals surface area contributed by atoms with Crippen molar-refractivity contribution in [2.24, 2.45) is 5.92 Å². The van der Waals surface area contributed by atoms with Gasteiger partial charge in [-0.15, -0.1) is 0 Å². The number of hydrogen-bond donors (Lipinski definition) is 1. The van der Waals surface area contributed by atoms with Gasteiger partial charge in [0.25, 0.3) is 5.91 Å². The molecule has 1 aliphatic carbocycles. The number of aliphatic carboxylic acids is 1. The van der Waals surface area contributed by atoms with Gasteiger partial charge in [-0.1, -0.05) is 6.92 Å². The van der Waals surface area contributed by atoms with E-state index in [4.69, 9.17) is 5.11 Å². The van der Waals surface area contributed by atoms with E-state index in [1.807, 2.05) is 0 Å². The fourth-order valence-electron chi connectivity index (χ4n) is 2.11. The van der Waals surface area contributed by atoms with E-state index in [0.29, 0.717) is 12.8 Å². The summed E-state index contributed by atoms with van der Waals surface area (Å²) in [5.41, 5.74) is -0.341. The van der Waals surface area contributed by atoms with Crippen LogP contribution in [0.1, 0.15) is 41.8 Å². The third-order valence-corrected chi connectivity index (χ3v) is 3.47. The maximum atomic E-state index is 12.8. The van der Waals surface area contributed by atoms with Crippen molar-refractivity contribution in [2.75, 3.05) is 6.54 Å². The summed E-state index contributed by atoms with van der Waals surface area (Å²) in [6.45, 7) is 2.72. The van der Waals surface area contributed by atoms with Crippen LogP contribution in [0, 0.1) is 12.8 Å². The predicted molar refractivity (Wildman–Crippen MR) is 72.6 cm³/mol. The summed E-state index contributed by atoms with van der Waals surface area (Å²) in [6, 6.07) is 1.03. The zero-order valence-corrected chi connectivity index (χ0v) is 12.6. The SMILES string of the molecule is Cc1cc(C(=O)N(CC(C)C(=O)O)C2CC2)nc(C(F)(F)F)n1. The Labute approximate surface area is 130 Å². The second-order valence-corrected chi connectivity index (χ2v) is 5.64. The van der Waals surface area contributed by atoms with E-state index in [0.717, 1.165) is 0 Å². The smallest absolute Gasteiger partial charge is 0.451 e. The first-order valence-electron chi connectivity index (χ1n) is 7.06. The zero-order chi connectivity index (χ0) is 17.4. The molecule has 23 heavy (non-hydrogen) atoms. The molecule has 1 amide bonds. The molecular weight excluding hydrogens is 315 g/mol. The van der Waals surface area contributed by atoms with Gasteiger partial charge in [0.2, 0.25) is 5.82 Å². The van der Waals surface area contributed by atoms with Crippen LogP contribution >= 0.6 is 0 Å². The number of amides is 1. The molecule has 0 aliphatic heterocycles. The lowest BCUT2D eigenvalue weighted by Gasteiger charge is -2.24. The lowest BCUT2D eigenvalue weighted by Crippen LogP contribution is -2.39. The minimum absolute atomic E-state index is 0.0257. The molecule has 1 aliphatic rings. The molecule has 2 rings (SSSR count). The highest BCUT2D eigenvalue weighted by Gasteiger charge is 2.38. The molecule has 1 N–H and O–H groups in total. The number of halogens is 3. The molecule has 1 fully saturated rings. The molecule has 0 saturated heterocycles. The van der Waals surface area contributed by atoms with E-state index in [-0.39, 0.29) is 24.0 Å². The van der Waals surface area contributed by atoms with Gasteiger partial charge >= 0.3 is 12.1 Å². The average molecular weight is 331 g/mol. The molecule has 0 spiro atoms. The number of rotatable bonds is 5. The van der Waals surface area contributed by atoms with Crippen LogP contribution in [0.25, 0.3) is 0 Å². The van der Waals surface area contributed by atoms with E-state index in [1.165, 1.54) is 24.8 Å². The quantitative estimate of drug-likeness (QED) is 0.893. The molecule has 6 nitrogen and oxygen atoms in total. The standard InChI is InChI=1S/C14H16F3N3O3/c1-7(12(22)23)6-20(9-3-4-9)11(21)10-5-8(2)18-13(19-10)14(15,16)17/h5,7,9H,3-4,6H2,1-2H3,(H,22,23). The van der Waals surface area contributed by atoms with Crippen molar-refractivity contribution in [3.05, 3.63) is 23.3 Å². The van der Waals surface area contributed by atoms with Gasteiger partial charge in [-0.05, 0) is 25.8 Å². The fraction of sp³-hybridized carbons (Fsp3) is 0.571. The Balaban J connectivity index is 2.30. The van der Waals surface area contributed by atoms with Gasteiger partial charge < -0.3 is 10.0 Å². The number of carboxylic acids is 1. The Bertz CT molecular complexity index is 629. The van der Waals surface area contributed by atoms with Crippen LogP contribution in [0.15, 0.2) is 6.07 Å². The third kappa shape index (κ3) is 4.17. The lowest BCUT2D eigenvalue weighted by atomic mass is 10.1. The molecule has 1 unspecified atom stereocenters. The Morgan fingerprint density at radius 2 is 2.00 bits per heavy atom. The normalized spacial score (nSPS) is 16.0. The molecule has 9 heteroatoms. The van der Waals surface area contributed by atoms with Crippen molar-refractivity contribution in [3.63, 3.8) is 0 Å². The monoisotopic (exact) mass is 331 g/mol. The molecule has 1 heterocycles. The first-order chi connectivity index (χ1) is 10.6. The highest BCUT2D eigenvalue weighted by molar-refractivity contribution is 5.93. The number of aryl methyl sites for hydroxylation is 1. The fourth-order valence-corrected chi connectivity index (χ4v) is 2.11. The first-order valence-corrected chi connectivity index (χ1v) is 7.06. The molecule has 126 valence electrons. The predicted octanol–water partition coefficient (Wildman–Crippen LogP) is 2.13. The summed E-state index contributed by atoms with van der Waals surface area (Å²) >= 11 is 0. The maximum Gasteiger partial charge on any atom is 0.451 e. The van der Waals surface area contributed by atoms with Gasteiger partial charge in [0, 0.05) is 18.3 Å². The highest BCUT2D eigenvalue weighted by atomic mass is 19.4.